The van der Waals surface area contributed by atoms with Gasteiger partial charge in [-0.15, -0.1) is 11.3 Å². The molecule has 0 aliphatic rings. The van der Waals surface area contributed by atoms with Crippen molar-refractivity contribution in [3.05, 3.63) is 89.8 Å². The first-order chi connectivity index (χ1) is 16.2. The Hall–Kier alpha value is -3.90. The molecule has 0 amide bonds. The van der Waals surface area contributed by atoms with Crippen LogP contribution in [0.2, 0.25) is 0 Å². The number of ether oxygens (including phenoxy) is 2. The van der Waals surface area contributed by atoms with E-state index in [0.717, 1.165) is 56.0 Å². The highest BCUT2D eigenvalue weighted by Gasteiger charge is 2.21. The minimum atomic E-state index is 0.818. The van der Waals surface area contributed by atoms with Crippen molar-refractivity contribution in [1.82, 2.24) is 14.8 Å². The van der Waals surface area contributed by atoms with Crippen molar-refractivity contribution < 1.29 is 9.47 Å². The molecule has 0 fully saturated rings. The first-order valence-electron chi connectivity index (χ1n) is 10.6. The fourth-order valence-corrected chi connectivity index (χ4v) is 4.64. The van der Waals surface area contributed by atoms with E-state index in [1.54, 1.807) is 25.6 Å². The van der Waals surface area contributed by atoms with Gasteiger partial charge in [-0.2, -0.15) is 5.10 Å². The number of thiazole rings is 1. The smallest absolute Gasteiger partial charge is 0.211 e. The summed E-state index contributed by atoms with van der Waals surface area (Å²) >= 11 is 1.58. The highest BCUT2D eigenvalue weighted by atomic mass is 32.1. The van der Waals surface area contributed by atoms with Crippen LogP contribution in [-0.2, 0) is 0 Å². The number of aromatic nitrogens is 3. The third kappa shape index (κ3) is 4.01. The zero-order chi connectivity index (χ0) is 22.8. The van der Waals surface area contributed by atoms with Gasteiger partial charge in [0.1, 0.15) is 11.5 Å². The van der Waals surface area contributed by atoms with Crippen LogP contribution in [0.4, 0.5) is 0 Å². The Morgan fingerprint density at radius 1 is 0.727 bits per heavy atom. The summed E-state index contributed by atoms with van der Waals surface area (Å²) in [5.74, 6) is 1.64. The summed E-state index contributed by atoms with van der Waals surface area (Å²) < 4.78 is 12.6. The largest absolute Gasteiger partial charge is 0.497 e. The average Bonchev–Trinajstić information content (AvgIpc) is 3.50. The summed E-state index contributed by atoms with van der Waals surface area (Å²) in [4.78, 5) is 4.92. The normalized spacial score (nSPS) is 10.9. The lowest BCUT2D eigenvalue weighted by molar-refractivity contribution is 0.414. The Morgan fingerprint density at radius 3 is 1.94 bits per heavy atom. The van der Waals surface area contributed by atoms with Crippen molar-refractivity contribution in [3.8, 4) is 50.4 Å². The molecule has 0 atom stereocenters. The molecule has 5 nitrogen and oxygen atoms in total. The molecule has 0 bridgehead atoms. The molecule has 2 heterocycles. The topological polar surface area (TPSA) is 49.2 Å². The van der Waals surface area contributed by atoms with Crippen molar-refractivity contribution in [1.29, 1.82) is 0 Å². The van der Waals surface area contributed by atoms with E-state index in [0.29, 0.717) is 0 Å². The van der Waals surface area contributed by atoms with Gasteiger partial charge in [0.2, 0.25) is 5.13 Å². The molecular weight excluding hydrogens is 430 g/mol. The molecule has 0 saturated carbocycles. The minimum absolute atomic E-state index is 0.818. The second-order valence-electron chi connectivity index (χ2n) is 7.57. The maximum absolute atomic E-state index is 5.35. The summed E-state index contributed by atoms with van der Waals surface area (Å²) in [7, 11) is 3.34. The summed E-state index contributed by atoms with van der Waals surface area (Å²) in [6.45, 7) is 2.11. The number of nitrogens with zero attached hydrogens (tertiary/aromatic N) is 3. The maximum atomic E-state index is 5.35. The lowest BCUT2D eigenvalue weighted by Crippen LogP contribution is -1.99. The Morgan fingerprint density at radius 2 is 1.33 bits per heavy atom. The van der Waals surface area contributed by atoms with E-state index >= 15 is 0 Å². The number of hydrogen-bond donors (Lipinski definition) is 0. The molecule has 33 heavy (non-hydrogen) atoms. The Balaban J connectivity index is 1.66. The number of methoxy groups -OCH3 is 2. The van der Waals surface area contributed by atoms with Gasteiger partial charge >= 0.3 is 0 Å². The summed E-state index contributed by atoms with van der Waals surface area (Å²) in [6.07, 6.45) is 0. The third-order valence-corrected chi connectivity index (χ3v) is 6.41. The highest BCUT2D eigenvalue weighted by molar-refractivity contribution is 7.12. The number of rotatable bonds is 6. The lowest BCUT2D eigenvalue weighted by atomic mass is 10.0. The molecule has 6 heteroatoms. The predicted molar refractivity (Wildman–Crippen MR) is 133 cm³/mol. The monoisotopic (exact) mass is 453 g/mol. The summed E-state index contributed by atoms with van der Waals surface area (Å²) in [5.41, 5.74) is 7.12. The lowest BCUT2D eigenvalue weighted by Gasteiger charge is -2.07. The van der Waals surface area contributed by atoms with Crippen molar-refractivity contribution in [2.75, 3.05) is 14.2 Å². The first kappa shape index (κ1) is 21.0. The van der Waals surface area contributed by atoms with Gasteiger partial charge in [0.15, 0.2) is 0 Å². The van der Waals surface area contributed by atoms with Gasteiger partial charge in [0.25, 0.3) is 0 Å². The summed E-state index contributed by atoms with van der Waals surface area (Å²) in [6, 6.07) is 26.2. The van der Waals surface area contributed by atoms with Gasteiger partial charge in [-0.05, 0) is 55.5 Å². The van der Waals surface area contributed by atoms with Gasteiger partial charge in [0, 0.05) is 27.6 Å². The zero-order valence-electron chi connectivity index (χ0n) is 18.6. The summed E-state index contributed by atoms with van der Waals surface area (Å²) in [5, 5.41) is 7.92. The molecule has 3 aromatic carbocycles. The molecular formula is C27H23N3O2S. The minimum Gasteiger partial charge on any atom is -0.497 e. The zero-order valence-corrected chi connectivity index (χ0v) is 19.5. The third-order valence-electron chi connectivity index (χ3n) is 5.59. The molecule has 0 spiro atoms. The van der Waals surface area contributed by atoms with E-state index in [2.05, 4.69) is 36.6 Å². The van der Waals surface area contributed by atoms with Gasteiger partial charge in [0.05, 0.1) is 31.3 Å². The molecule has 0 unspecified atom stereocenters. The van der Waals surface area contributed by atoms with Gasteiger partial charge < -0.3 is 9.47 Å². The molecule has 0 aliphatic heterocycles. The quantitative estimate of drug-likeness (QED) is 0.289. The molecule has 164 valence electrons. The second-order valence-corrected chi connectivity index (χ2v) is 8.41. The molecule has 5 rings (SSSR count). The van der Waals surface area contributed by atoms with E-state index in [-0.39, 0.29) is 0 Å². The molecule has 2 aromatic heterocycles. The SMILES string of the molecule is COc1ccc(-c2nn(-c3nc(-c4ccccc4)cs3)c(-c3ccc(OC)cc3)c2C)cc1. The standard InChI is InChI=1S/C27H23N3O2S/c1-18-25(20-9-13-22(31-2)14-10-20)29-30(26(18)21-11-15-23(32-3)16-12-21)27-28-24(17-33-27)19-7-5-4-6-8-19/h4-17H,1-3H3. The predicted octanol–water partition coefficient (Wildman–Crippen LogP) is 6.66. The highest BCUT2D eigenvalue weighted by Crippen LogP contribution is 2.36. The molecule has 0 N–H and O–H groups in total. The van der Waals surface area contributed by atoms with E-state index in [4.69, 9.17) is 19.6 Å². The molecule has 0 radical (unpaired) electrons. The average molecular weight is 454 g/mol. The number of hydrogen-bond acceptors (Lipinski definition) is 5. The van der Waals surface area contributed by atoms with Gasteiger partial charge in [-0.3, -0.25) is 0 Å². The number of benzene rings is 3. The van der Waals surface area contributed by atoms with E-state index in [9.17, 15) is 0 Å². The second kappa shape index (κ2) is 8.92. The van der Waals surface area contributed by atoms with Crippen molar-refractivity contribution >= 4 is 11.3 Å². The fourth-order valence-electron chi connectivity index (χ4n) is 3.85. The van der Waals surface area contributed by atoms with Crippen molar-refractivity contribution in [2.24, 2.45) is 0 Å². The van der Waals surface area contributed by atoms with Crippen LogP contribution in [0.25, 0.3) is 38.9 Å². The molecule has 5 aromatic rings. The molecule has 0 saturated heterocycles. The van der Waals surface area contributed by atoms with Crippen LogP contribution in [0.3, 0.4) is 0 Å². The van der Waals surface area contributed by atoms with Crippen LogP contribution in [-0.4, -0.2) is 29.0 Å². The van der Waals surface area contributed by atoms with Crippen LogP contribution in [0.1, 0.15) is 5.56 Å². The van der Waals surface area contributed by atoms with E-state index in [1.165, 1.54) is 0 Å². The van der Waals surface area contributed by atoms with Crippen LogP contribution in [0.15, 0.2) is 84.2 Å². The van der Waals surface area contributed by atoms with Gasteiger partial charge in [-0.1, -0.05) is 30.3 Å². The Bertz CT molecular complexity index is 1370. The molecule has 0 aliphatic carbocycles. The van der Waals surface area contributed by atoms with Gasteiger partial charge in [-0.25, -0.2) is 9.67 Å². The van der Waals surface area contributed by atoms with Crippen LogP contribution in [0.5, 0.6) is 11.5 Å². The Labute approximate surface area is 196 Å². The first-order valence-corrected chi connectivity index (χ1v) is 11.5. The van der Waals surface area contributed by atoms with Crippen molar-refractivity contribution in [3.63, 3.8) is 0 Å². The maximum Gasteiger partial charge on any atom is 0.211 e. The fraction of sp³-hybridized carbons (Fsp3) is 0.111. The van der Waals surface area contributed by atoms with Crippen LogP contribution < -0.4 is 9.47 Å². The van der Waals surface area contributed by atoms with Crippen LogP contribution >= 0.6 is 11.3 Å². The van der Waals surface area contributed by atoms with Crippen molar-refractivity contribution in [2.45, 2.75) is 6.92 Å². The van der Waals surface area contributed by atoms with E-state index in [1.807, 2.05) is 59.3 Å². The van der Waals surface area contributed by atoms with E-state index < -0.39 is 0 Å². The Kier molecular flexibility index (Phi) is 5.67. The van der Waals surface area contributed by atoms with Crippen LogP contribution in [0, 0.1) is 6.92 Å².